The van der Waals surface area contributed by atoms with E-state index >= 15 is 0 Å². The topological polar surface area (TPSA) is 242 Å². The molecule has 5 aliphatic carbocycles. The number of esters is 1. The number of aliphatic carboxylic acids is 1. The van der Waals surface area contributed by atoms with E-state index in [0.717, 1.165) is 32.1 Å². The van der Waals surface area contributed by atoms with Crippen LogP contribution in [-0.2, 0) is 33.3 Å². The number of ether oxygens (including phenoxy) is 5. The Hall–Kier alpha value is -1.76. The molecule has 6 fully saturated rings. The third-order valence-electron chi connectivity index (χ3n) is 17.5. The third kappa shape index (κ3) is 6.30. The van der Waals surface area contributed by atoms with Crippen molar-refractivity contribution in [2.75, 3.05) is 26.9 Å². The molecule has 57 heavy (non-hydrogen) atoms. The smallest absolute Gasteiger partial charge is 0.311 e. The summed E-state index contributed by atoms with van der Waals surface area (Å²) in [5.74, 6) is -1.17. The number of aliphatic hydroxyl groups excluding tert-OH is 7. The molecule has 15 nitrogen and oxygen atoms in total. The van der Waals surface area contributed by atoms with Crippen molar-refractivity contribution in [3.63, 3.8) is 0 Å². The van der Waals surface area contributed by atoms with Crippen LogP contribution in [0.1, 0.15) is 98.8 Å². The predicted octanol–water partition coefficient (Wildman–Crippen LogP) is 1.65. The van der Waals surface area contributed by atoms with Crippen molar-refractivity contribution in [2.24, 2.45) is 50.2 Å². The summed E-state index contributed by atoms with van der Waals surface area (Å²) < 4.78 is 28.8. The van der Waals surface area contributed by atoms with Crippen molar-refractivity contribution in [1.29, 1.82) is 0 Å². The summed E-state index contributed by atoms with van der Waals surface area (Å²) in [6, 6.07) is 0. The molecule has 2 aliphatic heterocycles. The SMILES string of the molecule is COC(=O)[C@@]1(C)CC[C@]2(C(=O)O)CC[C@]3(C)C(=CC[C@@H]4[C@@]5(C)CC[C@H](O[C@@H]6O[C@H](CO)[C@@H](O[C@@H]7OC[C@@H](O)[C@H](O)[C@H]7O)[C@H](O)[C@H]6O)[C@@](C)(CO)[C@@H]5CC[C@]43C)[C@@H]2C1. The van der Waals surface area contributed by atoms with Gasteiger partial charge in [0.15, 0.2) is 12.6 Å². The van der Waals surface area contributed by atoms with Gasteiger partial charge in [-0.05, 0) is 105 Å². The number of carbonyl (C=O) groups is 2. The molecule has 0 amide bonds. The summed E-state index contributed by atoms with van der Waals surface area (Å²) in [4.78, 5) is 26.3. The summed E-state index contributed by atoms with van der Waals surface area (Å²) in [7, 11) is 1.40. The van der Waals surface area contributed by atoms with Crippen molar-refractivity contribution in [2.45, 2.75) is 160 Å². The van der Waals surface area contributed by atoms with Crippen LogP contribution in [-0.4, -0.2) is 141 Å². The van der Waals surface area contributed by atoms with Gasteiger partial charge in [-0.15, -0.1) is 0 Å². The lowest BCUT2D eigenvalue weighted by Crippen LogP contribution is -2.67. The quantitative estimate of drug-likeness (QED) is 0.0988. The van der Waals surface area contributed by atoms with E-state index in [1.54, 1.807) is 0 Å². The van der Waals surface area contributed by atoms with Crippen LogP contribution in [0.5, 0.6) is 0 Å². The average molecular weight is 811 g/mol. The van der Waals surface area contributed by atoms with Gasteiger partial charge in [-0.1, -0.05) is 39.3 Å². The summed E-state index contributed by atoms with van der Waals surface area (Å²) in [5, 5.41) is 85.2. The highest BCUT2D eigenvalue weighted by Gasteiger charge is 2.70. The minimum atomic E-state index is -1.66. The second-order valence-electron chi connectivity index (χ2n) is 19.9. The summed E-state index contributed by atoms with van der Waals surface area (Å²) in [5.41, 5.74) is -2.06. The molecule has 0 bridgehead atoms. The van der Waals surface area contributed by atoms with Gasteiger partial charge >= 0.3 is 11.9 Å². The Morgan fingerprint density at radius 2 is 1.51 bits per heavy atom. The molecule has 2 saturated heterocycles. The van der Waals surface area contributed by atoms with Gasteiger partial charge in [-0.25, -0.2) is 0 Å². The van der Waals surface area contributed by atoms with Crippen LogP contribution in [0.25, 0.3) is 0 Å². The van der Waals surface area contributed by atoms with Gasteiger partial charge in [0.25, 0.3) is 0 Å². The van der Waals surface area contributed by atoms with Crippen LogP contribution in [0.3, 0.4) is 0 Å². The van der Waals surface area contributed by atoms with Gasteiger partial charge in [-0.2, -0.15) is 0 Å². The van der Waals surface area contributed by atoms with E-state index in [2.05, 4.69) is 26.8 Å². The minimum absolute atomic E-state index is 0.00790. The zero-order valence-corrected chi connectivity index (χ0v) is 34.2. The Bertz CT molecular complexity index is 1570. The van der Waals surface area contributed by atoms with Crippen molar-refractivity contribution in [3.05, 3.63) is 11.6 Å². The van der Waals surface area contributed by atoms with Crippen molar-refractivity contribution in [1.82, 2.24) is 0 Å². The first-order chi connectivity index (χ1) is 26.7. The number of hydrogen-bond acceptors (Lipinski definition) is 14. The molecule has 0 aromatic rings. The molecule has 8 N–H and O–H groups in total. The van der Waals surface area contributed by atoms with Gasteiger partial charge in [0.2, 0.25) is 0 Å². The second kappa shape index (κ2) is 15.0. The number of carboxylic acids is 1. The number of hydrogen-bond donors (Lipinski definition) is 8. The highest BCUT2D eigenvalue weighted by Crippen LogP contribution is 2.76. The van der Waals surface area contributed by atoms with Gasteiger partial charge < -0.3 is 64.5 Å². The maximum absolute atomic E-state index is 13.2. The van der Waals surface area contributed by atoms with Gasteiger partial charge in [-0.3, -0.25) is 9.59 Å². The zero-order chi connectivity index (χ0) is 41.7. The van der Waals surface area contributed by atoms with E-state index in [9.17, 15) is 50.4 Å². The highest BCUT2D eigenvalue weighted by molar-refractivity contribution is 5.80. The summed E-state index contributed by atoms with van der Waals surface area (Å²) in [6.45, 7) is 9.75. The fourth-order valence-corrected chi connectivity index (χ4v) is 13.7. The molecule has 4 saturated carbocycles. The lowest BCUT2D eigenvalue weighted by molar-refractivity contribution is -0.362. The molecule has 7 aliphatic rings. The van der Waals surface area contributed by atoms with Crippen LogP contribution in [0.4, 0.5) is 0 Å². The van der Waals surface area contributed by atoms with E-state index in [1.807, 2.05) is 13.8 Å². The summed E-state index contributed by atoms with van der Waals surface area (Å²) in [6.07, 6.45) is -5.39. The fourth-order valence-electron chi connectivity index (χ4n) is 13.7. The molecule has 0 radical (unpaired) electrons. The van der Waals surface area contributed by atoms with Crippen LogP contribution < -0.4 is 0 Å². The second-order valence-corrected chi connectivity index (χ2v) is 19.9. The Kier molecular flexibility index (Phi) is 11.4. The number of aliphatic hydroxyl groups is 7. The average Bonchev–Trinajstić information content (AvgIpc) is 3.18. The summed E-state index contributed by atoms with van der Waals surface area (Å²) >= 11 is 0. The Balaban J connectivity index is 1.12. The number of carbonyl (C=O) groups excluding carboxylic acids is 1. The largest absolute Gasteiger partial charge is 0.481 e. The molecule has 15 heteroatoms. The molecule has 2 heterocycles. The highest BCUT2D eigenvalue weighted by atomic mass is 16.7. The molecule has 0 aromatic carbocycles. The van der Waals surface area contributed by atoms with Crippen LogP contribution in [0.15, 0.2) is 11.6 Å². The third-order valence-corrected chi connectivity index (χ3v) is 17.5. The van der Waals surface area contributed by atoms with E-state index < -0.39 is 90.2 Å². The molecule has 0 spiro atoms. The van der Waals surface area contributed by atoms with E-state index in [4.69, 9.17) is 23.7 Å². The fraction of sp³-hybridized carbons (Fsp3) is 0.905. The van der Waals surface area contributed by atoms with Crippen LogP contribution in [0, 0.1) is 50.2 Å². The normalized spacial score (nSPS) is 53.6. The van der Waals surface area contributed by atoms with Crippen molar-refractivity contribution < 1.29 is 74.1 Å². The standard InChI is InChI=1S/C42H66O15/c1-37(36(52)53-6)13-15-42(35(50)51)16-14-40(4)21(22(42)17-37)7-8-26-38(2)11-10-27(39(3,20-44)25(38)9-12-41(26,40)5)56-34-31(49)29(47)32(24(18-43)55-34)57-33-30(48)28(46)23(45)19-54-33/h7,22-34,43-49H,8-20H2,1-6H3,(H,50,51)/t22-,23+,24+,25+,26+,27-,28-,29+,30+,31+,32+,33-,34-,37-,38-,39-,40+,41+,42-/m0/s1. The first-order valence-corrected chi connectivity index (χ1v) is 20.9. The number of rotatable bonds is 8. The first kappa shape index (κ1) is 43.3. The molecular formula is C42H66O15. The molecule has 0 aromatic heterocycles. The van der Waals surface area contributed by atoms with Crippen molar-refractivity contribution in [3.8, 4) is 0 Å². The lowest BCUT2D eigenvalue weighted by Gasteiger charge is -2.71. The van der Waals surface area contributed by atoms with E-state index in [1.165, 1.54) is 12.7 Å². The van der Waals surface area contributed by atoms with Gasteiger partial charge in [0, 0.05) is 5.41 Å². The van der Waals surface area contributed by atoms with E-state index in [-0.39, 0.29) is 53.2 Å². The lowest BCUT2D eigenvalue weighted by atomic mass is 9.33. The van der Waals surface area contributed by atoms with Crippen LogP contribution in [0.2, 0.25) is 0 Å². The maximum atomic E-state index is 13.2. The van der Waals surface area contributed by atoms with Gasteiger partial charge in [0.05, 0.1) is 43.9 Å². The molecular weight excluding hydrogens is 744 g/mol. The zero-order valence-electron chi connectivity index (χ0n) is 34.2. The minimum Gasteiger partial charge on any atom is -0.481 e. The predicted molar refractivity (Wildman–Crippen MR) is 200 cm³/mol. The first-order valence-electron chi connectivity index (χ1n) is 20.9. The number of fused-ring (bicyclic) bond motifs is 7. The Morgan fingerprint density at radius 3 is 2.16 bits per heavy atom. The van der Waals surface area contributed by atoms with Crippen molar-refractivity contribution >= 4 is 11.9 Å². The molecule has 0 unspecified atom stereocenters. The molecule has 19 atom stereocenters. The van der Waals surface area contributed by atoms with Crippen LogP contribution >= 0.6 is 0 Å². The number of methoxy groups -OCH3 is 1. The van der Waals surface area contributed by atoms with Gasteiger partial charge in [0.1, 0.15) is 42.7 Å². The Labute approximate surface area is 334 Å². The molecule has 7 rings (SSSR count). The van der Waals surface area contributed by atoms with E-state index in [0.29, 0.717) is 32.1 Å². The molecule has 324 valence electrons. The maximum Gasteiger partial charge on any atom is 0.311 e. The number of carboxylic acid groups (broad SMARTS) is 1. The monoisotopic (exact) mass is 810 g/mol. The number of allylic oxidation sites excluding steroid dienone is 2. The Morgan fingerprint density at radius 1 is 0.825 bits per heavy atom.